The van der Waals surface area contributed by atoms with Gasteiger partial charge in [-0.05, 0) is 91.9 Å². The molecule has 0 heteroatoms. The summed E-state index contributed by atoms with van der Waals surface area (Å²) < 4.78 is 0. The van der Waals surface area contributed by atoms with Gasteiger partial charge in [0.05, 0.1) is 0 Å². The minimum Gasteiger partial charge on any atom is -0.0654 e. The van der Waals surface area contributed by atoms with Crippen molar-refractivity contribution >= 4 is 0 Å². The SMILES string of the molecule is CCCCCC(CC(CC)CC)CC(CC(CC(CC)CC)CC(CC)CC)CC(CC)c1ccccc1. The Kier molecular flexibility index (Phi) is 20.4. The lowest BCUT2D eigenvalue weighted by Crippen LogP contribution is -2.21. The highest BCUT2D eigenvalue weighted by Crippen LogP contribution is 2.40. The molecule has 0 nitrogen and oxygen atoms in total. The van der Waals surface area contributed by atoms with Crippen LogP contribution in [0.3, 0.4) is 0 Å². The fourth-order valence-electron chi connectivity index (χ4n) is 7.48. The molecule has 1 aromatic carbocycles. The van der Waals surface area contributed by atoms with Gasteiger partial charge >= 0.3 is 0 Å². The third-order valence-electron chi connectivity index (χ3n) is 10.4. The number of unbranched alkanes of at least 4 members (excludes halogenated alkanes) is 2. The Morgan fingerprint density at radius 2 is 0.842 bits per heavy atom. The molecule has 0 aliphatic heterocycles. The standard InChI is InChI=1S/C38H70/c1-9-17-19-22-34(25-31(10-2)11-3)28-36(30-37(16-8)38-23-20-18-21-24-38)29-35(26-32(12-4)13-5)27-33(14-6)15-7/h18,20-21,23-24,31-37H,9-17,19,22,25-30H2,1-8H3. The van der Waals surface area contributed by atoms with Crippen molar-refractivity contribution in [3.63, 3.8) is 0 Å². The van der Waals surface area contributed by atoms with Crippen LogP contribution in [0.4, 0.5) is 0 Å². The molecule has 0 amide bonds. The van der Waals surface area contributed by atoms with Crippen LogP contribution in [0.5, 0.6) is 0 Å². The number of rotatable bonds is 24. The van der Waals surface area contributed by atoms with E-state index in [0.29, 0.717) is 5.92 Å². The lowest BCUT2D eigenvalue weighted by molar-refractivity contribution is 0.194. The second-order valence-electron chi connectivity index (χ2n) is 13.1. The zero-order valence-corrected chi connectivity index (χ0v) is 27.4. The second-order valence-corrected chi connectivity index (χ2v) is 13.1. The van der Waals surface area contributed by atoms with Gasteiger partial charge in [0.15, 0.2) is 0 Å². The Morgan fingerprint density at radius 1 is 0.421 bits per heavy atom. The Bertz CT molecular complexity index is 607. The molecule has 0 N–H and O–H groups in total. The Labute approximate surface area is 241 Å². The molecular weight excluding hydrogens is 456 g/mol. The summed E-state index contributed by atoms with van der Waals surface area (Å²) >= 11 is 0. The van der Waals surface area contributed by atoms with Gasteiger partial charge in [-0.15, -0.1) is 0 Å². The van der Waals surface area contributed by atoms with E-state index in [1.807, 2.05) is 0 Å². The summed E-state index contributed by atoms with van der Waals surface area (Å²) in [6, 6.07) is 11.5. The van der Waals surface area contributed by atoms with Crippen molar-refractivity contribution in [1.82, 2.24) is 0 Å². The maximum Gasteiger partial charge on any atom is -0.0162 e. The van der Waals surface area contributed by atoms with E-state index in [1.165, 1.54) is 109 Å². The second kappa shape index (κ2) is 22.0. The van der Waals surface area contributed by atoms with Gasteiger partial charge in [-0.1, -0.05) is 150 Å². The zero-order valence-electron chi connectivity index (χ0n) is 27.4. The topological polar surface area (TPSA) is 0 Å². The maximum atomic E-state index is 2.43. The molecular formula is C38H70. The molecule has 0 saturated carbocycles. The van der Waals surface area contributed by atoms with E-state index in [9.17, 15) is 0 Å². The van der Waals surface area contributed by atoms with Crippen molar-refractivity contribution < 1.29 is 0 Å². The maximum absolute atomic E-state index is 2.43. The molecule has 3 atom stereocenters. The molecule has 1 rings (SSSR count). The largest absolute Gasteiger partial charge is 0.0654 e. The van der Waals surface area contributed by atoms with Crippen molar-refractivity contribution in [2.75, 3.05) is 0 Å². The molecule has 1 aromatic rings. The summed E-state index contributed by atoms with van der Waals surface area (Å²) in [6.45, 7) is 19.4. The van der Waals surface area contributed by atoms with Gasteiger partial charge < -0.3 is 0 Å². The predicted octanol–water partition coefficient (Wildman–Crippen LogP) is 13.3. The van der Waals surface area contributed by atoms with Gasteiger partial charge in [0.1, 0.15) is 0 Å². The van der Waals surface area contributed by atoms with E-state index >= 15 is 0 Å². The first-order chi connectivity index (χ1) is 18.5. The molecule has 0 aliphatic carbocycles. The van der Waals surface area contributed by atoms with E-state index in [0.717, 1.165) is 35.5 Å². The molecule has 0 bridgehead atoms. The lowest BCUT2D eigenvalue weighted by atomic mass is 9.72. The third kappa shape index (κ3) is 14.0. The molecule has 0 aromatic heterocycles. The first-order valence-corrected chi connectivity index (χ1v) is 17.5. The van der Waals surface area contributed by atoms with Crippen LogP contribution in [-0.4, -0.2) is 0 Å². The van der Waals surface area contributed by atoms with E-state index in [-0.39, 0.29) is 0 Å². The minimum absolute atomic E-state index is 0.715. The third-order valence-corrected chi connectivity index (χ3v) is 10.4. The Morgan fingerprint density at radius 3 is 1.29 bits per heavy atom. The van der Waals surface area contributed by atoms with Gasteiger partial charge in [0.25, 0.3) is 0 Å². The summed E-state index contributed by atoms with van der Waals surface area (Å²) in [6.07, 6.45) is 23.9. The van der Waals surface area contributed by atoms with E-state index < -0.39 is 0 Å². The molecule has 0 fully saturated rings. The quantitative estimate of drug-likeness (QED) is 0.117. The molecule has 0 radical (unpaired) electrons. The number of hydrogen-bond acceptors (Lipinski definition) is 0. The highest BCUT2D eigenvalue weighted by atomic mass is 14.3. The van der Waals surface area contributed by atoms with Gasteiger partial charge in [0.2, 0.25) is 0 Å². The van der Waals surface area contributed by atoms with Crippen molar-refractivity contribution in [3.05, 3.63) is 35.9 Å². The number of hydrogen-bond donors (Lipinski definition) is 0. The van der Waals surface area contributed by atoms with Crippen LogP contribution in [0.25, 0.3) is 0 Å². The van der Waals surface area contributed by atoms with Crippen LogP contribution < -0.4 is 0 Å². The molecule has 0 spiro atoms. The van der Waals surface area contributed by atoms with E-state index in [2.05, 4.69) is 85.7 Å². The average Bonchev–Trinajstić information content (AvgIpc) is 2.95. The monoisotopic (exact) mass is 527 g/mol. The normalized spacial score (nSPS) is 14.6. The van der Waals surface area contributed by atoms with Gasteiger partial charge in [0, 0.05) is 0 Å². The Hall–Kier alpha value is -0.780. The fourth-order valence-corrected chi connectivity index (χ4v) is 7.48. The van der Waals surface area contributed by atoms with Crippen molar-refractivity contribution in [1.29, 1.82) is 0 Å². The lowest BCUT2D eigenvalue weighted by Gasteiger charge is -2.33. The molecule has 38 heavy (non-hydrogen) atoms. The van der Waals surface area contributed by atoms with Crippen molar-refractivity contribution in [3.8, 4) is 0 Å². The van der Waals surface area contributed by atoms with Crippen LogP contribution in [-0.2, 0) is 0 Å². The van der Waals surface area contributed by atoms with Crippen LogP contribution in [0.2, 0.25) is 0 Å². The van der Waals surface area contributed by atoms with Crippen LogP contribution in [0.1, 0.15) is 176 Å². The first-order valence-electron chi connectivity index (χ1n) is 17.5. The molecule has 0 heterocycles. The van der Waals surface area contributed by atoms with Crippen molar-refractivity contribution in [2.45, 2.75) is 170 Å². The molecule has 0 aliphatic rings. The average molecular weight is 527 g/mol. The summed E-state index contributed by atoms with van der Waals surface area (Å²) in [5.41, 5.74) is 1.58. The highest BCUT2D eigenvalue weighted by Gasteiger charge is 2.27. The summed E-state index contributed by atoms with van der Waals surface area (Å²) in [5, 5.41) is 0. The molecule has 222 valence electrons. The van der Waals surface area contributed by atoms with E-state index in [1.54, 1.807) is 5.56 Å². The minimum atomic E-state index is 0.715. The van der Waals surface area contributed by atoms with E-state index in [4.69, 9.17) is 0 Å². The fraction of sp³-hybridized carbons (Fsp3) is 0.842. The van der Waals surface area contributed by atoms with Gasteiger partial charge in [-0.3, -0.25) is 0 Å². The Balaban J connectivity index is 3.24. The summed E-state index contributed by atoms with van der Waals surface area (Å²) in [7, 11) is 0. The van der Waals surface area contributed by atoms with Crippen LogP contribution in [0.15, 0.2) is 30.3 Å². The predicted molar refractivity (Wildman–Crippen MR) is 174 cm³/mol. The smallest absolute Gasteiger partial charge is 0.0162 e. The molecule has 3 unspecified atom stereocenters. The summed E-state index contributed by atoms with van der Waals surface area (Å²) in [5.74, 6) is 6.16. The van der Waals surface area contributed by atoms with Crippen LogP contribution in [0, 0.1) is 35.5 Å². The highest BCUT2D eigenvalue weighted by molar-refractivity contribution is 5.19. The van der Waals surface area contributed by atoms with Crippen LogP contribution >= 0.6 is 0 Å². The van der Waals surface area contributed by atoms with Gasteiger partial charge in [-0.25, -0.2) is 0 Å². The zero-order chi connectivity index (χ0) is 28.2. The number of benzene rings is 1. The van der Waals surface area contributed by atoms with Crippen molar-refractivity contribution in [2.24, 2.45) is 35.5 Å². The van der Waals surface area contributed by atoms with Gasteiger partial charge in [-0.2, -0.15) is 0 Å². The first kappa shape index (κ1) is 35.2. The molecule has 0 saturated heterocycles. The summed E-state index contributed by atoms with van der Waals surface area (Å²) in [4.78, 5) is 0.